The Morgan fingerprint density at radius 3 is 2.89 bits per heavy atom. The zero-order valence-electron chi connectivity index (χ0n) is 15.7. The zero-order chi connectivity index (χ0) is 19.3. The van der Waals surface area contributed by atoms with Gasteiger partial charge in [-0.05, 0) is 12.1 Å². The molecule has 0 spiro atoms. The highest BCUT2D eigenvalue weighted by Crippen LogP contribution is 2.32. The van der Waals surface area contributed by atoms with Crippen molar-refractivity contribution in [1.82, 2.24) is 15.0 Å². The van der Waals surface area contributed by atoms with Gasteiger partial charge in [-0.1, -0.05) is 0 Å². The van der Waals surface area contributed by atoms with Gasteiger partial charge < -0.3 is 24.4 Å². The summed E-state index contributed by atoms with van der Waals surface area (Å²) in [5.74, 6) is 2.93. The second-order valence-corrected chi connectivity index (χ2v) is 7.05. The summed E-state index contributed by atoms with van der Waals surface area (Å²) in [6.45, 7) is 2.10. The average molecular weight is 399 g/mol. The summed E-state index contributed by atoms with van der Waals surface area (Å²) < 4.78 is 16.6. The molecule has 1 atom stereocenters. The van der Waals surface area contributed by atoms with E-state index >= 15 is 0 Å². The Morgan fingerprint density at radius 1 is 1.18 bits per heavy atom. The van der Waals surface area contributed by atoms with Crippen LogP contribution in [0.2, 0.25) is 0 Å². The van der Waals surface area contributed by atoms with Crippen LogP contribution in [0.3, 0.4) is 0 Å². The molecule has 0 amide bonds. The monoisotopic (exact) mass is 399 g/mol. The number of ether oxygens (including phenoxy) is 3. The topological polar surface area (TPSA) is 81.6 Å². The van der Waals surface area contributed by atoms with Gasteiger partial charge in [0.25, 0.3) is 0 Å². The molecule has 4 rings (SSSR count). The summed E-state index contributed by atoms with van der Waals surface area (Å²) in [7, 11) is 3.25. The van der Waals surface area contributed by atoms with Crippen molar-refractivity contribution in [3.05, 3.63) is 47.2 Å². The Hall–Kier alpha value is -2.91. The molecule has 0 bridgehead atoms. The molecule has 0 saturated carbocycles. The van der Waals surface area contributed by atoms with Crippen molar-refractivity contribution in [1.29, 1.82) is 0 Å². The fourth-order valence-electron chi connectivity index (χ4n) is 3.03. The molecule has 0 aliphatic carbocycles. The zero-order valence-corrected chi connectivity index (χ0v) is 16.5. The second-order valence-electron chi connectivity index (χ2n) is 6.13. The van der Waals surface area contributed by atoms with Crippen LogP contribution in [-0.2, 0) is 4.74 Å². The van der Waals surface area contributed by atoms with E-state index < -0.39 is 0 Å². The maximum Gasteiger partial charge on any atom is 0.146 e. The standard InChI is InChI=1S/C19H21N5O3S/c1-25-13-3-4-14(15(9-13)26-2)23-17-10-18(22-12-21-17)24-6-7-27-16(11-24)19-20-5-8-28-19/h3-5,8-10,12,16H,6-7,11H2,1-2H3,(H,21,22,23). The highest BCUT2D eigenvalue weighted by molar-refractivity contribution is 7.09. The number of hydrogen-bond donors (Lipinski definition) is 1. The first-order valence-corrected chi connectivity index (χ1v) is 9.72. The number of morpholine rings is 1. The van der Waals surface area contributed by atoms with E-state index in [0.717, 1.165) is 28.8 Å². The molecule has 1 unspecified atom stereocenters. The molecule has 3 aromatic rings. The lowest BCUT2D eigenvalue weighted by molar-refractivity contribution is 0.0393. The minimum absolute atomic E-state index is 0.0400. The Labute approximate surface area is 167 Å². The van der Waals surface area contributed by atoms with Crippen LogP contribution in [0.1, 0.15) is 11.1 Å². The SMILES string of the molecule is COc1ccc(Nc2cc(N3CCOC(c4nccs4)C3)ncn2)c(OC)c1. The Bertz CT molecular complexity index is 922. The van der Waals surface area contributed by atoms with Crippen molar-refractivity contribution in [3.63, 3.8) is 0 Å². The van der Waals surface area contributed by atoms with Gasteiger partial charge in [0.1, 0.15) is 40.6 Å². The van der Waals surface area contributed by atoms with Gasteiger partial charge >= 0.3 is 0 Å². The Balaban J connectivity index is 1.52. The lowest BCUT2D eigenvalue weighted by Gasteiger charge is -2.32. The van der Waals surface area contributed by atoms with Gasteiger partial charge in [0.2, 0.25) is 0 Å². The second kappa shape index (κ2) is 8.41. The van der Waals surface area contributed by atoms with E-state index in [-0.39, 0.29) is 6.10 Å². The largest absolute Gasteiger partial charge is 0.497 e. The van der Waals surface area contributed by atoms with Gasteiger partial charge in [0.15, 0.2) is 0 Å². The summed E-state index contributed by atoms with van der Waals surface area (Å²) in [5.41, 5.74) is 0.801. The number of thiazole rings is 1. The average Bonchev–Trinajstić information content (AvgIpc) is 3.29. The van der Waals surface area contributed by atoms with E-state index in [1.54, 1.807) is 38.1 Å². The predicted octanol–water partition coefficient (Wildman–Crippen LogP) is 3.27. The van der Waals surface area contributed by atoms with Crippen LogP contribution in [0.4, 0.5) is 17.3 Å². The Morgan fingerprint density at radius 2 is 2.11 bits per heavy atom. The summed E-state index contributed by atoms with van der Waals surface area (Å²) in [4.78, 5) is 15.3. The minimum Gasteiger partial charge on any atom is -0.497 e. The third-order valence-corrected chi connectivity index (χ3v) is 5.31. The fraction of sp³-hybridized carbons (Fsp3) is 0.316. The minimum atomic E-state index is -0.0400. The molecule has 146 valence electrons. The quantitative estimate of drug-likeness (QED) is 0.676. The third-order valence-electron chi connectivity index (χ3n) is 4.44. The van der Waals surface area contributed by atoms with Crippen LogP contribution in [0.15, 0.2) is 42.2 Å². The molecule has 1 aromatic carbocycles. The maximum atomic E-state index is 5.87. The highest BCUT2D eigenvalue weighted by Gasteiger charge is 2.25. The van der Waals surface area contributed by atoms with Crippen molar-refractivity contribution in [2.24, 2.45) is 0 Å². The van der Waals surface area contributed by atoms with Gasteiger partial charge in [-0.25, -0.2) is 15.0 Å². The molecule has 8 nitrogen and oxygen atoms in total. The number of aromatic nitrogens is 3. The smallest absolute Gasteiger partial charge is 0.146 e. The van der Waals surface area contributed by atoms with Gasteiger partial charge in [-0.3, -0.25) is 0 Å². The van der Waals surface area contributed by atoms with Gasteiger partial charge in [-0.2, -0.15) is 0 Å². The van der Waals surface area contributed by atoms with Crippen molar-refractivity contribution in [2.45, 2.75) is 6.10 Å². The molecule has 1 N–H and O–H groups in total. The number of anilines is 3. The van der Waals surface area contributed by atoms with E-state index in [9.17, 15) is 0 Å². The van der Waals surface area contributed by atoms with Crippen molar-refractivity contribution >= 4 is 28.7 Å². The molecule has 1 fully saturated rings. The Kier molecular flexibility index (Phi) is 5.54. The van der Waals surface area contributed by atoms with Crippen LogP contribution in [-0.4, -0.2) is 48.9 Å². The normalized spacial score (nSPS) is 16.6. The molecule has 2 aromatic heterocycles. The molecule has 0 radical (unpaired) electrons. The van der Waals surface area contributed by atoms with Crippen LogP contribution in [0.5, 0.6) is 11.5 Å². The van der Waals surface area contributed by atoms with E-state index in [1.807, 2.05) is 29.6 Å². The van der Waals surface area contributed by atoms with Gasteiger partial charge in [-0.15, -0.1) is 11.3 Å². The van der Waals surface area contributed by atoms with Gasteiger partial charge in [0.05, 0.1) is 33.1 Å². The van der Waals surface area contributed by atoms with Gasteiger partial charge in [0, 0.05) is 30.3 Å². The van der Waals surface area contributed by atoms with Crippen LogP contribution < -0.4 is 19.7 Å². The number of hydrogen-bond acceptors (Lipinski definition) is 9. The van der Waals surface area contributed by atoms with E-state index in [0.29, 0.717) is 24.7 Å². The predicted molar refractivity (Wildman–Crippen MR) is 108 cm³/mol. The van der Waals surface area contributed by atoms with E-state index in [1.165, 1.54) is 0 Å². The number of rotatable bonds is 6. The molecule has 9 heteroatoms. The molecule has 1 saturated heterocycles. The first-order chi connectivity index (χ1) is 13.8. The number of nitrogens with zero attached hydrogens (tertiary/aromatic N) is 4. The lowest BCUT2D eigenvalue weighted by Crippen LogP contribution is -2.38. The molecule has 1 aliphatic heterocycles. The molecule has 1 aliphatic rings. The fourth-order valence-corrected chi connectivity index (χ4v) is 3.71. The summed E-state index contributed by atoms with van der Waals surface area (Å²) in [6, 6.07) is 7.51. The summed E-state index contributed by atoms with van der Waals surface area (Å²) in [6.07, 6.45) is 3.32. The summed E-state index contributed by atoms with van der Waals surface area (Å²) in [5, 5.41) is 6.24. The first kappa shape index (κ1) is 18.5. The number of nitrogens with one attached hydrogen (secondary N) is 1. The molecule has 3 heterocycles. The van der Waals surface area contributed by atoms with Crippen LogP contribution in [0, 0.1) is 0 Å². The molecule has 28 heavy (non-hydrogen) atoms. The van der Waals surface area contributed by atoms with Crippen molar-refractivity contribution < 1.29 is 14.2 Å². The van der Waals surface area contributed by atoms with Crippen LogP contribution in [0.25, 0.3) is 0 Å². The molecular weight excluding hydrogens is 378 g/mol. The van der Waals surface area contributed by atoms with E-state index in [2.05, 4.69) is 25.2 Å². The third kappa shape index (κ3) is 4.00. The van der Waals surface area contributed by atoms with Crippen molar-refractivity contribution in [2.75, 3.05) is 44.1 Å². The maximum absolute atomic E-state index is 5.87. The van der Waals surface area contributed by atoms with Crippen molar-refractivity contribution in [3.8, 4) is 11.5 Å². The summed E-state index contributed by atoms with van der Waals surface area (Å²) >= 11 is 1.61. The molecular formula is C19H21N5O3S. The number of methoxy groups -OCH3 is 2. The van der Waals surface area contributed by atoms with Crippen LogP contribution >= 0.6 is 11.3 Å². The highest BCUT2D eigenvalue weighted by atomic mass is 32.1. The number of benzene rings is 1. The lowest BCUT2D eigenvalue weighted by atomic mass is 10.2. The van der Waals surface area contributed by atoms with E-state index in [4.69, 9.17) is 14.2 Å². The first-order valence-electron chi connectivity index (χ1n) is 8.84.